The zero-order chi connectivity index (χ0) is 16.6. The van der Waals surface area contributed by atoms with Crippen LogP contribution in [-0.2, 0) is 16.4 Å². The molecule has 0 saturated heterocycles. The number of thiophene rings is 1. The topological polar surface area (TPSA) is 80.5 Å². The van der Waals surface area contributed by atoms with Gasteiger partial charge in [0.2, 0.25) is 15.9 Å². The van der Waals surface area contributed by atoms with Crippen molar-refractivity contribution >= 4 is 27.3 Å². The molecule has 7 heteroatoms. The Labute approximate surface area is 139 Å². The average molecular weight is 350 g/mol. The van der Waals surface area contributed by atoms with Crippen LogP contribution in [-0.4, -0.2) is 25.2 Å². The average Bonchev–Trinajstić information content (AvgIpc) is 3.02. The van der Waals surface area contributed by atoms with Crippen molar-refractivity contribution in [1.29, 1.82) is 0 Å². The number of hydrogen-bond donors (Lipinski definition) is 1. The summed E-state index contributed by atoms with van der Waals surface area (Å²) in [5, 5.41) is 2.02. The van der Waals surface area contributed by atoms with Crippen molar-refractivity contribution in [3.05, 3.63) is 51.7 Å². The van der Waals surface area contributed by atoms with Crippen molar-refractivity contribution in [3.63, 3.8) is 0 Å². The van der Waals surface area contributed by atoms with Gasteiger partial charge in [-0.2, -0.15) is 4.31 Å². The zero-order valence-electron chi connectivity index (χ0n) is 12.7. The first-order valence-corrected chi connectivity index (χ1v) is 9.75. The Balaban J connectivity index is 1.97. The minimum Gasteiger partial charge on any atom is -0.366 e. The summed E-state index contributed by atoms with van der Waals surface area (Å²) < 4.78 is 27.5. The molecule has 2 heterocycles. The molecule has 1 aliphatic rings. The number of sulfonamides is 1. The maximum Gasteiger partial charge on any atom is 0.248 e. The van der Waals surface area contributed by atoms with Gasteiger partial charge in [-0.3, -0.25) is 4.79 Å². The molecule has 23 heavy (non-hydrogen) atoms. The third-order valence-corrected chi connectivity index (χ3v) is 7.10. The third-order valence-electron chi connectivity index (χ3n) is 4.18. The predicted molar refractivity (Wildman–Crippen MR) is 89.9 cm³/mol. The summed E-state index contributed by atoms with van der Waals surface area (Å²) in [4.78, 5) is 12.6. The molecular formula is C16H18N2O3S2. The number of benzene rings is 1. The van der Waals surface area contributed by atoms with Crippen LogP contribution in [0.2, 0.25) is 0 Å². The second kappa shape index (κ2) is 6.07. The molecule has 0 bridgehead atoms. The molecule has 0 aliphatic carbocycles. The summed E-state index contributed by atoms with van der Waals surface area (Å²) in [6.45, 7) is 2.47. The molecule has 1 atom stereocenters. The van der Waals surface area contributed by atoms with Gasteiger partial charge < -0.3 is 5.73 Å². The lowest BCUT2D eigenvalue weighted by molar-refractivity contribution is 0.1000. The van der Waals surface area contributed by atoms with Gasteiger partial charge in [-0.25, -0.2) is 8.42 Å². The molecule has 1 aromatic carbocycles. The standard InChI is InChI=1S/C16H18N2O3S2/c1-2-14-13-8-10-22-15(13)7-9-18(14)23(20,21)12-5-3-11(4-6-12)16(17)19/h3-6,8,10,14H,2,7,9H2,1H3,(H2,17,19). The number of nitrogens with two attached hydrogens (primary N) is 1. The number of nitrogens with zero attached hydrogens (tertiary/aromatic N) is 1. The first kappa shape index (κ1) is 16.2. The Bertz CT molecular complexity index is 825. The smallest absolute Gasteiger partial charge is 0.248 e. The van der Waals surface area contributed by atoms with Crippen LogP contribution in [0.15, 0.2) is 40.6 Å². The molecule has 3 rings (SSSR count). The van der Waals surface area contributed by atoms with Crippen molar-refractivity contribution in [3.8, 4) is 0 Å². The van der Waals surface area contributed by atoms with E-state index in [-0.39, 0.29) is 10.9 Å². The maximum absolute atomic E-state index is 13.0. The van der Waals surface area contributed by atoms with Crippen LogP contribution < -0.4 is 5.73 Å². The van der Waals surface area contributed by atoms with E-state index in [1.54, 1.807) is 15.6 Å². The fourth-order valence-electron chi connectivity index (χ4n) is 3.01. The van der Waals surface area contributed by atoms with E-state index in [9.17, 15) is 13.2 Å². The Hall–Kier alpha value is -1.70. The van der Waals surface area contributed by atoms with Gasteiger partial charge in [0.05, 0.1) is 10.9 Å². The molecule has 0 fully saturated rings. The molecular weight excluding hydrogens is 332 g/mol. The zero-order valence-corrected chi connectivity index (χ0v) is 14.4. The molecule has 1 amide bonds. The van der Waals surface area contributed by atoms with Gasteiger partial charge in [0.15, 0.2) is 0 Å². The number of rotatable bonds is 4. The Morgan fingerprint density at radius 3 is 2.61 bits per heavy atom. The Kier molecular flexibility index (Phi) is 4.27. The third kappa shape index (κ3) is 2.80. The van der Waals surface area contributed by atoms with E-state index in [1.165, 1.54) is 29.1 Å². The predicted octanol–water partition coefficient (Wildman–Crippen LogP) is 2.55. The van der Waals surface area contributed by atoms with Crippen LogP contribution in [0.25, 0.3) is 0 Å². The van der Waals surface area contributed by atoms with Crippen LogP contribution >= 0.6 is 11.3 Å². The van der Waals surface area contributed by atoms with Crippen LogP contribution in [0.3, 0.4) is 0 Å². The van der Waals surface area contributed by atoms with Gasteiger partial charge in [0.1, 0.15) is 0 Å². The highest BCUT2D eigenvalue weighted by atomic mass is 32.2. The molecule has 1 aromatic heterocycles. The number of hydrogen-bond acceptors (Lipinski definition) is 4. The number of carbonyl (C=O) groups excluding carboxylic acids is 1. The lowest BCUT2D eigenvalue weighted by Gasteiger charge is -2.34. The highest BCUT2D eigenvalue weighted by Gasteiger charge is 2.35. The molecule has 0 spiro atoms. The van der Waals surface area contributed by atoms with Crippen LogP contribution in [0.5, 0.6) is 0 Å². The van der Waals surface area contributed by atoms with Crippen LogP contribution in [0.1, 0.15) is 40.2 Å². The number of primary amides is 1. The molecule has 0 saturated carbocycles. The minimum absolute atomic E-state index is 0.134. The van der Waals surface area contributed by atoms with E-state index in [0.29, 0.717) is 12.1 Å². The SMILES string of the molecule is CCC1c2ccsc2CCN1S(=O)(=O)c1ccc(C(N)=O)cc1. The Morgan fingerprint density at radius 1 is 1.30 bits per heavy atom. The molecule has 0 radical (unpaired) electrons. The fraction of sp³-hybridized carbons (Fsp3) is 0.312. The van der Waals surface area contributed by atoms with Crippen LogP contribution in [0, 0.1) is 0 Å². The summed E-state index contributed by atoms with van der Waals surface area (Å²) in [5.74, 6) is -0.568. The number of fused-ring (bicyclic) bond motifs is 1. The van der Waals surface area contributed by atoms with Gasteiger partial charge in [-0.05, 0) is 54.1 Å². The molecule has 2 N–H and O–H groups in total. The van der Waals surface area contributed by atoms with Gasteiger partial charge in [0.25, 0.3) is 0 Å². The van der Waals surface area contributed by atoms with E-state index < -0.39 is 15.9 Å². The highest BCUT2D eigenvalue weighted by molar-refractivity contribution is 7.89. The van der Waals surface area contributed by atoms with Crippen molar-refractivity contribution in [2.45, 2.75) is 30.7 Å². The van der Waals surface area contributed by atoms with Gasteiger partial charge >= 0.3 is 0 Å². The van der Waals surface area contributed by atoms with Crippen LogP contribution in [0.4, 0.5) is 0 Å². The van der Waals surface area contributed by atoms with Gasteiger partial charge in [-0.15, -0.1) is 11.3 Å². The van der Waals surface area contributed by atoms with Crippen molar-refractivity contribution < 1.29 is 13.2 Å². The van der Waals surface area contributed by atoms with E-state index in [2.05, 4.69) is 0 Å². The molecule has 2 aromatic rings. The summed E-state index contributed by atoms with van der Waals surface area (Å²) in [6, 6.07) is 7.69. The fourth-order valence-corrected chi connectivity index (χ4v) is 5.62. The summed E-state index contributed by atoms with van der Waals surface area (Å²) in [7, 11) is -3.60. The van der Waals surface area contributed by atoms with E-state index in [1.807, 2.05) is 18.4 Å². The normalized spacial score (nSPS) is 18.6. The quantitative estimate of drug-likeness (QED) is 0.920. The maximum atomic E-state index is 13.0. The lowest BCUT2D eigenvalue weighted by Crippen LogP contribution is -2.39. The summed E-state index contributed by atoms with van der Waals surface area (Å²) in [6.07, 6.45) is 1.46. The Morgan fingerprint density at radius 2 is 2.00 bits per heavy atom. The van der Waals surface area contributed by atoms with Gasteiger partial charge in [-0.1, -0.05) is 6.92 Å². The second-order valence-electron chi connectivity index (χ2n) is 5.48. The molecule has 1 aliphatic heterocycles. The second-order valence-corrected chi connectivity index (χ2v) is 8.37. The molecule has 5 nitrogen and oxygen atoms in total. The summed E-state index contributed by atoms with van der Waals surface area (Å²) >= 11 is 1.69. The molecule has 122 valence electrons. The van der Waals surface area contributed by atoms with Crippen molar-refractivity contribution in [1.82, 2.24) is 4.31 Å². The van der Waals surface area contributed by atoms with E-state index >= 15 is 0 Å². The highest BCUT2D eigenvalue weighted by Crippen LogP contribution is 2.38. The number of amides is 1. The monoisotopic (exact) mass is 350 g/mol. The van der Waals surface area contributed by atoms with Crippen molar-refractivity contribution in [2.75, 3.05) is 6.54 Å². The minimum atomic E-state index is -3.60. The largest absolute Gasteiger partial charge is 0.366 e. The van der Waals surface area contributed by atoms with E-state index in [0.717, 1.165) is 18.4 Å². The van der Waals surface area contributed by atoms with Crippen molar-refractivity contribution in [2.24, 2.45) is 5.73 Å². The number of carbonyl (C=O) groups is 1. The molecule has 1 unspecified atom stereocenters. The van der Waals surface area contributed by atoms with E-state index in [4.69, 9.17) is 5.73 Å². The van der Waals surface area contributed by atoms with Gasteiger partial charge in [0, 0.05) is 17.0 Å². The lowest BCUT2D eigenvalue weighted by atomic mass is 10.0. The first-order chi connectivity index (χ1) is 10.9. The summed E-state index contributed by atoms with van der Waals surface area (Å²) in [5.41, 5.74) is 6.62. The first-order valence-electron chi connectivity index (χ1n) is 7.43.